The molecule has 0 radical (unpaired) electrons. The monoisotopic (exact) mass is 439 g/mol. The highest BCUT2D eigenvalue weighted by molar-refractivity contribution is 4.67. The molecule has 0 aromatic heterocycles. The van der Waals surface area contributed by atoms with Crippen LogP contribution in [-0.4, -0.2) is 37.1 Å². The van der Waals surface area contributed by atoms with Crippen molar-refractivity contribution in [2.45, 2.75) is 155 Å². The SMILES string of the molecule is CCCCCCCCCN(CCCCCCCCC)CCC(N)CCCCCCCN. The van der Waals surface area contributed by atoms with Crippen LogP contribution < -0.4 is 11.5 Å². The molecular weight excluding hydrogens is 378 g/mol. The smallest absolute Gasteiger partial charge is 0.00510 e. The molecule has 0 aromatic carbocycles. The molecule has 1 atom stereocenters. The fraction of sp³-hybridized carbons (Fsp3) is 1.00. The molecule has 0 saturated carbocycles. The van der Waals surface area contributed by atoms with E-state index in [9.17, 15) is 0 Å². The van der Waals surface area contributed by atoms with Gasteiger partial charge in [0.15, 0.2) is 0 Å². The van der Waals surface area contributed by atoms with Crippen molar-refractivity contribution in [3.05, 3.63) is 0 Å². The lowest BCUT2D eigenvalue weighted by Crippen LogP contribution is -2.32. The molecule has 31 heavy (non-hydrogen) atoms. The van der Waals surface area contributed by atoms with Gasteiger partial charge >= 0.3 is 0 Å². The van der Waals surface area contributed by atoms with Gasteiger partial charge in [-0.1, -0.05) is 117 Å². The second-order valence-corrected chi connectivity index (χ2v) is 9.98. The zero-order valence-electron chi connectivity index (χ0n) is 21.9. The summed E-state index contributed by atoms with van der Waals surface area (Å²) in [5.41, 5.74) is 12.0. The lowest BCUT2D eigenvalue weighted by Gasteiger charge is -2.24. The Morgan fingerprint density at radius 3 is 1.39 bits per heavy atom. The third kappa shape index (κ3) is 24.4. The predicted octanol–water partition coefficient (Wildman–Crippen LogP) is 7.81. The average molecular weight is 440 g/mol. The van der Waals surface area contributed by atoms with E-state index in [-0.39, 0.29) is 0 Å². The van der Waals surface area contributed by atoms with Gasteiger partial charge in [-0.15, -0.1) is 0 Å². The minimum atomic E-state index is 0.389. The first kappa shape index (κ1) is 30.9. The summed E-state index contributed by atoms with van der Waals surface area (Å²) in [6, 6.07) is 0.389. The quantitative estimate of drug-likeness (QED) is 0.135. The summed E-state index contributed by atoms with van der Waals surface area (Å²) < 4.78 is 0. The first-order valence-electron chi connectivity index (χ1n) is 14.4. The van der Waals surface area contributed by atoms with Crippen molar-refractivity contribution in [3.63, 3.8) is 0 Å². The van der Waals surface area contributed by atoms with E-state index in [2.05, 4.69) is 18.7 Å². The molecule has 0 rings (SSSR count). The number of nitrogens with two attached hydrogens (primary N) is 2. The first-order valence-corrected chi connectivity index (χ1v) is 14.4. The minimum absolute atomic E-state index is 0.389. The predicted molar refractivity (Wildman–Crippen MR) is 142 cm³/mol. The van der Waals surface area contributed by atoms with Gasteiger partial charge in [0.25, 0.3) is 0 Å². The van der Waals surface area contributed by atoms with Crippen LogP contribution in [0.2, 0.25) is 0 Å². The second kappa shape index (κ2) is 26.1. The van der Waals surface area contributed by atoms with Gasteiger partial charge in [0.2, 0.25) is 0 Å². The van der Waals surface area contributed by atoms with Crippen molar-refractivity contribution in [2.75, 3.05) is 26.2 Å². The van der Waals surface area contributed by atoms with Crippen LogP contribution in [-0.2, 0) is 0 Å². The Bertz CT molecular complexity index is 303. The first-order chi connectivity index (χ1) is 15.2. The van der Waals surface area contributed by atoms with Crippen LogP contribution in [0.4, 0.5) is 0 Å². The molecule has 4 N–H and O–H groups in total. The van der Waals surface area contributed by atoms with E-state index in [0.29, 0.717) is 6.04 Å². The van der Waals surface area contributed by atoms with Crippen molar-refractivity contribution >= 4 is 0 Å². The highest BCUT2D eigenvalue weighted by Gasteiger charge is 2.09. The summed E-state index contributed by atoms with van der Waals surface area (Å²) in [6.07, 6.45) is 28.4. The lowest BCUT2D eigenvalue weighted by atomic mass is 10.0. The van der Waals surface area contributed by atoms with Gasteiger partial charge in [0.05, 0.1) is 0 Å². The van der Waals surface area contributed by atoms with E-state index < -0.39 is 0 Å². The molecule has 0 fully saturated rings. The van der Waals surface area contributed by atoms with Crippen LogP contribution in [0, 0.1) is 0 Å². The molecule has 0 bridgehead atoms. The largest absolute Gasteiger partial charge is 0.330 e. The van der Waals surface area contributed by atoms with Crippen molar-refractivity contribution in [3.8, 4) is 0 Å². The zero-order valence-corrected chi connectivity index (χ0v) is 21.9. The Hall–Kier alpha value is -0.120. The Morgan fingerprint density at radius 2 is 0.903 bits per heavy atom. The second-order valence-electron chi connectivity index (χ2n) is 9.98. The molecule has 0 spiro atoms. The van der Waals surface area contributed by atoms with Crippen LogP contribution >= 0.6 is 0 Å². The number of rotatable bonds is 26. The van der Waals surface area contributed by atoms with Crippen molar-refractivity contribution in [2.24, 2.45) is 11.5 Å². The summed E-state index contributed by atoms with van der Waals surface area (Å²) in [4.78, 5) is 2.74. The lowest BCUT2D eigenvalue weighted by molar-refractivity contribution is 0.248. The van der Waals surface area contributed by atoms with Gasteiger partial charge in [0, 0.05) is 6.04 Å². The van der Waals surface area contributed by atoms with Crippen molar-refractivity contribution in [1.29, 1.82) is 0 Å². The number of hydrogen-bond donors (Lipinski definition) is 2. The van der Waals surface area contributed by atoms with E-state index in [1.54, 1.807) is 0 Å². The Morgan fingerprint density at radius 1 is 0.484 bits per heavy atom. The van der Waals surface area contributed by atoms with Gasteiger partial charge < -0.3 is 16.4 Å². The third-order valence-corrected chi connectivity index (χ3v) is 6.75. The molecule has 3 nitrogen and oxygen atoms in total. The number of unbranched alkanes of at least 4 members (excludes halogenated alkanes) is 16. The normalized spacial score (nSPS) is 12.7. The van der Waals surface area contributed by atoms with E-state index >= 15 is 0 Å². The fourth-order valence-electron chi connectivity index (χ4n) is 4.49. The molecule has 0 aliphatic heterocycles. The molecule has 0 aliphatic rings. The van der Waals surface area contributed by atoms with E-state index in [1.807, 2.05) is 0 Å². The van der Waals surface area contributed by atoms with Crippen LogP contribution in [0.5, 0.6) is 0 Å². The summed E-state index contributed by atoms with van der Waals surface area (Å²) in [5.74, 6) is 0. The summed E-state index contributed by atoms with van der Waals surface area (Å²) in [5, 5.41) is 0. The Labute approximate surface area is 197 Å². The topological polar surface area (TPSA) is 55.3 Å². The summed E-state index contributed by atoms with van der Waals surface area (Å²) in [7, 11) is 0. The maximum absolute atomic E-state index is 6.46. The number of nitrogens with zero attached hydrogens (tertiary/aromatic N) is 1. The molecule has 3 heteroatoms. The molecule has 0 saturated heterocycles. The molecule has 0 heterocycles. The Balaban J connectivity index is 3.97. The summed E-state index contributed by atoms with van der Waals surface area (Å²) in [6.45, 7) is 9.22. The highest BCUT2D eigenvalue weighted by Crippen LogP contribution is 2.12. The van der Waals surface area contributed by atoms with E-state index in [1.165, 1.54) is 154 Å². The average Bonchev–Trinajstić information content (AvgIpc) is 2.77. The molecular formula is C28H61N3. The molecule has 0 aliphatic carbocycles. The maximum atomic E-state index is 6.46. The molecule has 1 unspecified atom stereocenters. The van der Waals surface area contributed by atoms with Crippen LogP contribution in [0.25, 0.3) is 0 Å². The van der Waals surface area contributed by atoms with Gasteiger partial charge in [-0.25, -0.2) is 0 Å². The maximum Gasteiger partial charge on any atom is 0.00510 e. The Kier molecular flexibility index (Phi) is 26.0. The van der Waals surface area contributed by atoms with Gasteiger partial charge in [0.1, 0.15) is 0 Å². The third-order valence-electron chi connectivity index (χ3n) is 6.75. The van der Waals surface area contributed by atoms with Gasteiger partial charge in [-0.3, -0.25) is 0 Å². The zero-order chi connectivity index (χ0) is 22.8. The molecule has 0 amide bonds. The standard InChI is InChI=1S/C28H61N3/c1-3-5-7-9-11-16-20-25-31(26-21-17-12-10-8-6-4-2)27-23-28(30)22-18-14-13-15-19-24-29/h28H,3-27,29-30H2,1-2H3. The van der Waals surface area contributed by atoms with E-state index in [4.69, 9.17) is 11.5 Å². The highest BCUT2D eigenvalue weighted by atomic mass is 15.1. The van der Waals surface area contributed by atoms with Crippen molar-refractivity contribution in [1.82, 2.24) is 4.90 Å². The van der Waals surface area contributed by atoms with Crippen LogP contribution in [0.1, 0.15) is 149 Å². The minimum Gasteiger partial charge on any atom is -0.330 e. The number of hydrogen-bond acceptors (Lipinski definition) is 3. The van der Waals surface area contributed by atoms with E-state index in [0.717, 1.165) is 6.54 Å². The van der Waals surface area contributed by atoms with Crippen LogP contribution in [0.15, 0.2) is 0 Å². The van der Waals surface area contributed by atoms with Gasteiger partial charge in [-0.05, 0) is 58.3 Å². The van der Waals surface area contributed by atoms with Gasteiger partial charge in [-0.2, -0.15) is 0 Å². The van der Waals surface area contributed by atoms with Crippen molar-refractivity contribution < 1.29 is 0 Å². The molecule has 0 aromatic rings. The summed E-state index contributed by atoms with van der Waals surface area (Å²) >= 11 is 0. The fourth-order valence-corrected chi connectivity index (χ4v) is 4.49. The van der Waals surface area contributed by atoms with Crippen LogP contribution in [0.3, 0.4) is 0 Å². The molecule has 188 valence electrons.